The molecule has 0 aliphatic heterocycles. The van der Waals surface area contributed by atoms with Crippen LogP contribution in [-0.4, -0.2) is 24.2 Å². The Morgan fingerprint density at radius 1 is 1.04 bits per heavy atom. The number of furan rings is 1. The molecule has 3 rings (SSSR count). The van der Waals surface area contributed by atoms with Gasteiger partial charge in [0.1, 0.15) is 11.0 Å². The molecule has 0 aliphatic rings. The van der Waals surface area contributed by atoms with Gasteiger partial charge in [0, 0.05) is 6.07 Å². The van der Waals surface area contributed by atoms with Crippen LogP contribution in [-0.2, 0) is 0 Å². The highest BCUT2D eigenvalue weighted by Gasteiger charge is 2.26. The number of fused-ring (bicyclic) bond motifs is 1. The summed E-state index contributed by atoms with van der Waals surface area (Å²) in [6, 6.07) is 5.43. The Bertz CT molecular complexity index is 1050. The van der Waals surface area contributed by atoms with Crippen molar-refractivity contribution in [2.24, 2.45) is 0 Å². The average molecular weight is 345 g/mol. The fraction of sp³-hybridized carbons (Fsp3) is 0. The number of nitrogens with zero attached hydrogens (tertiary/aromatic N) is 5. The molecular formula is C13H7N5O7. The molecule has 12 nitrogen and oxygen atoms in total. The lowest BCUT2D eigenvalue weighted by Crippen LogP contribution is -1.95. The van der Waals surface area contributed by atoms with Gasteiger partial charge in [0.15, 0.2) is 5.69 Å². The van der Waals surface area contributed by atoms with Crippen molar-refractivity contribution in [3.63, 3.8) is 0 Å². The molecule has 3 aromatic rings. The van der Waals surface area contributed by atoms with E-state index in [1.165, 1.54) is 10.6 Å². The predicted molar refractivity (Wildman–Crippen MR) is 82.8 cm³/mol. The zero-order valence-corrected chi connectivity index (χ0v) is 12.1. The zero-order chi connectivity index (χ0) is 18.1. The Balaban J connectivity index is 2.10. The fourth-order valence-corrected chi connectivity index (χ4v) is 2.18. The summed E-state index contributed by atoms with van der Waals surface area (Å²) in [5.41, 5.74) is -0.410. The third-order valence-electron chi connectivity index (χ3n) is 3.20. The van der Waals surface area contributed by atoms with E-state index in [0.717, 1.165) is 12.2 Å². The summed E-state index contributed by atoms with van der Waals surface area (Å²) in [6.45, 7) is 0. The summed E-state index contributed by atoms with van der Waals surface area (Å²) in [4.78, 5) is 34.5. The minimum Gasteiger partial charge on any atom is -0.394 e. The number of hydrogen-bond donors (Lipinski definition) is 0. The van der Waals surface area contributed by atoms with Gasteiger partial charge in [-0.2, -0.15) is 4.40 Å². The monoisotopic (exact) mass is 345 g/mol. The minimum atomic E-state index is -0.919. The Morgan fingerprint density at radius 2 is 1.80 bits per heavy atom. The predicted octanol–water partition coefficient (Wildman–Crippen LogP) is 2.82. The van der Waals surface area contributed by atoms with Crippen LogP contribution in [0.3, 0.4) is 0 Å². The van der Waals surface area contributed by atoms with Gasteiger partial charge in [0.05, 0.1) is 11.1 Å². The SMILES string of the molecule is O=[N+]([O-])c1cc([N+](=O)[O-])c(/C=C/c2nc3ccccn3c2[N+](=O)[O-])o1. The highest BCUT2D eigenvalue weighted by molar-refractivity contribution is 5.75. The number of imidazole rings is 1. The Hall–Kier alpha value is -4.09. The Kier molecular flexibility index (Phi) is 3.69. The van der Waals surface area contributed by atoms with Crippen molar-refractivity contribution in [1.82, 2.24) is 9.38 Å². The van der Waals surface area contributed by atoms with Crippen LogP contribution in [0.5, 0.6) is 0 Å². The maximum atomic E-state index is 11.3. The molecule has 0 radical (unpaired) electrons. The van der Waals surface area contributed by atoms with Crippen LogP contribution in [0.4, 0.5) is 17.4 Å². The van der Waals surface area contributed by atoms with Gasteiger partial charge in [0.25, 0.3) is 0 Å². The first-order valence-corrected chi connectivity index (χ1v) is 6.60. The second kappa shape index (κ2) is 5.84. The largest absolute Gasteiger partial charge is 0.440 e. The highest BCUT2D eigenvalue weighted by Crippen LogP contribution is 2.30. The van der Waals surface area contributed by atoms with E-state index in [1.54, 1.807) is 18.2 Å². The van der Waals surface area contributed by atoms with Crippen LogP contribution < -0.4 is 0 Å². The van der Waals surface area contributed by atoms with Crippen molar-refractivity contribution in [2.75, 3.05) is 0 Å². The van der Waals surface area contributed by atoms with E-state index in [0.29, 0.717) is 11.7 Å². The molecule has 0 aromatic carbocycles. The summed E-state index contributed by atoms with van der Waals surface area (Å²) in [5, 5.41) is 32.9. The fourth-order valence-electron chi connectivity index (χ4n) is 2.18. The van der Waals surface area contributed by atoms with Crippen molar-refractivity contribution >= 4 is 35.2 Å². The normalized spacial score (nSPS) is 11.2. The molecule has 0 amide bonds. The Labute approximate surface area is 137 Å². The van der Waals surface area contributed by atoms with Crippen molar-refractivity contribution in [3.05, 3.63) is 72.3 Å². The van der Waals surface area contributed by atoms with Gasteiger partial charge in [-0.15, -0.1) is 0 Å². The summed E-state index contributed by atoms with van der Waals surface area (Å²) >= 11 is 0. The summed E-state index contributed by atoms with van der Waals surface area (Å²) in [6.07, 6.45) is 3.60. The van der Waals surface area contributed by atoms with E-state index in [1.807, 2.05) is 0 Å². The topological polar surface area (TPSA) is 160 Å². The molecule has 0 N–H and O–H groups in total. The lowest BCUT2D eigenvalue weighted by atomic mass is 10.3. The lowest BCUT2D eigenvalue weighted by molar-refractivity contribution is -0.402. The number of hydrogen-bond acceptors (Lipinski definition) is 8. The molecule has 3 aromatic heterocycles. The van der Waals surface area contributed by atoms with Gasteiger partial charge in [-0.1, -0.05) is 6.07 Å². The van der Waals surface area contributed by atoms with Crippen LogP contribution in [0, 0.1) is 30.3 Å². The number of rotatable bonds is 5. The molecule has 126 valence electrons. The highest BCUT2D eigenvalue weighted by atomic mass is 16.7. The first kappa shape index (κ1) is 15.8. The van der Waals surface area contributed by atoms with Gasteiger partial charge in [-0.3, -0.25) is 20.2 Å². The molecule has 0 spiro atoms. The molecule has 0 aliphatic carbocycles. The molecule has 0 fully saturated rings. The molecule has 0 bridgehead atoms. The van der Waals surface area contributed by atoms with Gasteiger partial charge in [0.2, 0.25) is 11.4 Å². The van der Waals surface area contributed by atoms with Crippen molar-refractivity contribution in [3.8, 4) is 0 Å². The molecule has 25 heavy (non-hydrogen) atoms. The standard InChI is InChI=1S/C13H7N5O7/c19-16(20)9-7-12(17(21)22)25-10(9)5-4-8-13(18(23)24)15-6-2-1-3-11(15)14-8/h1-7H/b5-4+. The number of pyridine rings is 1. The quantitative estimate of drug-likeness (QED) is 0.503. The van der Waals surface area contributed by atoms with Crippen LogP contribution >= 0.6 is 0 Å². The van der Waals surface area contributed by atoms with Crippen molar-refractivity contribution in [1.29, 1.82) is 0 Å². The van der Waals surface area contributed by atoms with Crippen molar-refractivity contribution < 1.29 is 19.2 Å². The van der Waals surface area contributed by atoms with Crippen LogP contribution in [0.25, 0.3) is 17.8 Å². The van der Waals surface area contributed by atoms with Crippen molar-refractivity contribution in [2.45, 2.75) is 0 Å². The zero-order valence-electron chi connectivity index (χ0n) is 12.1. The van der Waals surface area contributed by atoms with Gasteiger partial charge in [-0.25, -0.2) is 4.98 Å². The second-order valence-corrected chi connectivity index (χ2v) is 4.69. The minimum absolute atomic E-state index is 0.0791. The molecule has 0 saturated carbocycles. The lowest BCUT2D eigenvalue weighted by Gasteiger charge is -1.93. The molecule has 0 unspecified atom stereocenters. The number of nitro groups is 3. The van der Waals surface area contributed by atoms with E-state index in [4.69, 9.17) is 4.42 Å². The van der Waals surface area contributed by atoms with Gasteiger partial charge in [-0.05, 0) is 23.1 Å². The molecule has 12 heteroatoms. The maximum absolute atomic E-state index is 11.3. The van der Waals surface area contributed by atoms with E-state index in [2.05, 4.69) is 4.98 Å². The van der Waals surface area contributed by atoms with E-state index < -0.39 is 32.1 Å². The summed E-state index contributed by atoms with van der Waals surface area (Å²) < 4.78 is 6.04. The summed E-state index contributed by atoms with van der Waals surface area (Å²) in [5.74, 6) is -1.57. The van der Waals surface area contributed by atoms with E-state index in [9.17, 15) is 30.3 Å². The third-order valence-corrected chi connectivity index (χ3v) is 3.20. The second-order valence-electron chi connectivity index (χ2n) is 4.69. The maximum Gasteiger partial charge on any atom is 0.440 e. The molecule has 3 heterocycles. The molecule has 0 atom stereocenters. The third kappa shape index (κ3) is 2.78. The van der Waals surface area contributed by atoms with Crippen LogP contribution in [0.15, 0.2) is 34.9 Å². The molecular weight excluding hydrogens is 338 g/mol. The first-order valence-electron chi connectivity index (χ1n) is 6.60. The Morgan fingerprint density at radius 3 is 2.44 bits per heavy atom. The number of aromatic nitrogens is 2. The van der Waals surface area contributed by atoms with E-state index >= 15 is 0 Å². The van der Waals surface area contributed by atoms with Gasteiger partial charge < -0.3 is 14.5 Å². The van der Waals surface area contributed by atoms with Crippen LogP contribution in [0.2, 0.25) is 0 Å². The molecule has 0 saturated heterocycles. The van der Waals surface area contributed by atoms with Gasteiger partial charge >= 0.3 is 17.4 Å². The van der Waals surface area contributed by atoms with E-state index in [-0.39, 0.29) is 11.5 Å². The summed E-state index contributed by atoms with van der Waals surface area (Å²) in [7, 11) is 0. The average Bonchev–Trinajstić information content (AvgIpc) is 3.14. The smallest absolute Gasteiger partial charge is 0.394 e. The van der Waals surface area contributed by atoms with Crippen LogP contribution in [0.1, 0.15) is 11.5 Å². The first-order chi connectivity index (χ1) is 11.9.